The molecule has 0 amide bonds. The van der Waals surface area contributed by atoms with Gasteiger partial charge in [-0.25, -0.2) is 0 Å². The first-order valence-electron chi connectivity index (χ1n) is 7.72. The van der Waals surface area contributed by atoms with Gasteiger partial charge in [0.1, 0.15) is 0 Å². The fourth-order valence-corrected chi connectivity index (χ4v) is 8.60. The Kier molecular flexibility index (Phi) is 5.95. The molecule has 0 aliphatic carbocycles. The van der Waals surface area contributed by atoms with Crippen LogP contribution in [-0.2, 0) is 0 Å². The molecule has 0 heterocycles. The third-order valence-electron chi connectivity index (χ3n) is 3.51. The van der Waals surface area contributed by atoms with Crippen molar-refractivity contribution in [2.24, 2.45) is 0 Å². The summed E-state index contributed by atoms with van der Waals surface area (Å²) in [4.78, 5) is 0. The summed E-state index contributed by atoms with van der Waals surface area (Å²) in [6.07, 6.45) is 4.56. The Labute approximate surface area is 146 Å². The minimum absolute atomic E-state index is 1.27. The van der Waals surface area contributed by atoms with E-state index in [9.17, 15) is 0 Å². The van der Waals surface area contributed by atoms with Gasteiger partial charge in [-0.15, -0.1) is 0 Å². The number of hydrogen-bond acceptors (Lipinski definition) is 0. The van der Waals surface area contributed by atoms with Crippen molar-refractivity contribution in [1.29, 1.82) is 0 Å². The van der Waals surface area contributed by atoms with Gasteiger partial charge in [-0.05, 0) is 0 Å². The molecule has 0 saturated heterocycles. The second kappa shape index (κ2) is 8.60. The summed E-state index contributed by atoms with van der Waals surface area (Å²) in [7, 11) is 0. The first-order valence-corrected chi connectivity index (χ1v) is 13.5. The van der Waals surface area contributed by atoms with Crippen LogP contribution in [0.5, 0.6) is 0 Å². The maximum absolute atomic E-state index is 2.46. The van der Waals surface area contributed by atoms with E-state index in [1.54, 1.807) is 0 Å². The maximum atomic E-state index is 2.46. The van der Waals surface area contributed by atoms with Crippen molar-refractivity contribution in [1.82, 2.24) is 0 Å². The van der Waals surface area contributed by atoms with Crippen molar-refractivity contribution in [2.45, 2.75) is 0 Å². The van der Waals surface area contributed by atoms with Gasteiger partial charge in [0.2, 0.25) is 0 Å². The summed E-state index contributed by atoms with van der Waals surface area (Å²) in [5.74, 6) is 0. The molecule has 0 atom stereocenters. The molecule has 0 aliphatic heterocycles. The SMILES string of the molecule is C(=[CH][Bi]([CH]=Cc1ccccc1)[c]1ccccc1)c1ccccc1. The Balaban J connectivity index is 1.85. The van der Waals surface area contributed by atoms with E-state index in [1.807, 2.05) is 0 Å². The van der Waals surface area contributed by atoms with Gasteiger partial charge in [-0.1, -0.05) is 0 Å². The Morgan fingerprint density at radius 1 is 0.478 bits per heavy atom. The Morgan fingerprint density at radius 3 is 1.30 bits per heavy atom. The fraction of sp³-hybridized carbons (Fsp3) is 0. The molecule has 0 unspecified atom stereocenters. The van der Waals surface area contributed by atoms with Crippen LogP contribution >= 0.6 is 0 Å². The fourth-order valence-electron chi connectivity index (χ4n) is 2.28. The first kappa shape index (κ1) is 15.9. The topological polar surface area (TPSA) is 0 Å². The average Bonchev–Trinajstić information content (AvgIpc) is 2.64. The second-order valence-corrected chi connectivity index (χ2v) is 12.7. The molecule has 1 heteroatoms. The molecule has 3 aromatic rings. The molecule has 0 fully saturated rings. The average molecular weight is 492 g/mol. The van der Waals surface area contributed by atoms with E-state index in [4.69, 9.17) is 0 Å². The van der Waals surface area contributed by atoms with Crippen LogP contribution in [0.2, 0.25) is 0 Å². The summed E-state index contributed by atoms with van der Waals surface area (Å²) in [6.45, 7) is 0. The predicted octanol–water partition coefficient (Wildman–Crippen LogP) is 4.89. The molecule has 23 heavy (non-hydrogen) atoms. The standard InChI is InChI=1S/2C8H7.C6H5.Bi/c2*1-2-8-6-4-3-5-7-8;1-2-4-6-5-3-1;/h2*1-7H;1-5H;. The molecule has 0 N–H and O–H groups in total. The molecule has 3 aromatic carbocycles. The zero-order valence-electron chi connectivity index (χ0n) is 12.9. The van der Waals surface area contributed by atoms with E-state index in [2.05, 4.69) is 111 Å². The summed E-state index contributed by atoms with van der Waals surface area (Å²) in [5, 5.41) is 0. The van der Waals surface area contributed by atoms with Crippen molar-refractivity contribution in [2.75, 3.05) is 0 Å². The quantitative estimate of drug-likeness (QED) is 0.445. The van der Waals surface area contributed by atoms with Gasteiger partial charge in [-0.3, -0.25) is 0 Å². The molecule has 0 aromatic heterocycles. The zero-order valence-corrected chi connectivity index (χ0v) is 16.4. The van der Waals surface area contributed by atoms with Crippen LogP contribution < -0.4 is 3.27 Å². The molecule has 0 nitrogen and oxygen atoms in total. The monoisotopic (exact) mass is 492 g/mol. The Bertz CT molecular complexity index is 709. The molecule has 3 rings (SSSR count). The first-order chi connectivity index (χ1) is 11.4. The second-order valence-electron chi connectivity index (χ2n) is 5.20. The molecular weight excluding hydrogens is 473 g/mol. The molecule has 0 saturated carbocycles. The van der Waals surface area contributed by atoms with Crippen LogP contribution in [0.4, 0.5) is 0 Å². The van der Waals surface area contributed by atoms with Crippen molar-refractivity contribution >= 4 is 37.2 Å². The molecule has 0 bridgehead atoms. The van der Waals surface area contributed by atoms with Crippen molar-refractivity contribution in [3.05, 3.63) is 110 Å². The van der Waals surface area contributed by atoms with E-state index in [-0.39, 0.29) is 0 Å². The molecule has 0 aliphatic rings. The summed E-state index contributed by atoms with van der Waals surface area (Å²) in [5.41, 5.74) is 2.55. The molecule has 0 radical (unpaired) electrons. The van der Waals surface area contributed by atoms with Crippen molar-refractivity contribution < 1.29 is 0 Å². The summed E-state index contributed by atoms with van der Waals surface area (Å²) >= 11 is -2.02. The van der Waals surface area contributed by atoms with Crippen molar-refractivity contribution in [3.8, 4) is 0 Å². The summed E-state index contributed by atoms with van der Waals surface area (Å²) in [6, 6.07) is 32.0. The van der Waals surface area contributed by atoms with E-state index in [0.717, 1.165) is 0 Å². The van der Waals surface area contributed by atoms with Gasteiger partial charge in [0.05, 0.1) is 0 Å². The Hall–Kier alpha value is -1.98. The van der Waals surface area contributed by atoms with Crippen LogP contribution in [0.25, 0.3) is 12.2 Å². The zero-order chi connectivity index (χ0) is 15.7. The Morgan fingerprint density at radius 2 is 0.870 bits per heavy atom. The summed E-state index contributed by atoms with van der Waals surface area (Å²) < 4.78 is 6.42. The van der Waals surface area contributed by atoms with E-state index < -0.39 is 21.8 Å². The van der Waals surface area contributed by atoms with Crippen LogP contribution in [0.1, 0.15) is 11.1 Å². The number of hydrogen-bond donors (Lipinski definition) is 0. The van der Waals surface area contributed by atoms with Gasteiger partial charge in [-0.2, -0.15) is 0 Å². The van der Waals surface area contributed by atoms with Crippen LogP contribution in [0.3, 0.4) is 0 Å². The van der Waals surface area contributed by atoms with Crippen LogP contribution in [-0.4, -0.2) is 21.8 Å². The minimum atomic E-state index is -2.02. The third-order valence-corrected chi connectivity index (χ3v) is 10.6. The van der Waals surface area contributed by atoms with Gasteiger partial charge >= 0.3 is 147 Å². The van der Waals surface area contributed by atoms with Gasteiger partial charge in [0.25, 0.3) is 0 Å². The predicted molar refractivity (Wildman–Crippen MR) is 103 cm³/mol. The molecule has 0 spiro atoms. The van der Waals surface area contributed by atoms with Crippen molar-refractivity contribution in [3.63, 3.8) is 0 Å². The van der Waals surface area contributed by atoms with Gasteiger partial charge < -0.3 is 0 Å². The van der Waals surface area contributed by atoms with Crippen LogP contribution in [0, 0.1) is 0 Å². The number of rotatable bonds is 5. The van der Waals surface area contributed by atoms with Crippen LogP contribution in [0.15, 0.2) is 98.6 Å². The van der Waals surface area contributed by atoms with Gasteiger partial charge in [0.15, 0.2) is 0 Å². The molecular formula is C22H19Bi. The molecule has 112 valence electrons. The van der Waals surface area contributed by atoms with E-state index >= 15 is 0 Å². The van der Waals surface area contributed by atoms with Gasteiger partial charge in [0, 0.05) is 0 Å². The van der Waals surface area contributed by atoms with E-state index in [0.29, 0.717) is 0 Å². The third kappa shape index (κ3) is 5.01. The van der Waals surface area contributed by atoms with E-state index in [1.165, 1.54) is 14.4 Å². The number of benzene rings is 3. The normalized spacial score (nSPS) is 11.5.